The molecule has 0 saturated heterocycles. The molecule has 0 aliphatic rings. The van der Waals surface area contributed by atoms with E-state index in [0.29, 0.717) is 25.3 Å². The highest BCUT2D eigenvalue weighted by Crippen LogP contribution is 2.35. The van der Waals surface area contributed by atoms with Crippen LogP contribution in [0.5, 0.6) is 5.75 Å². The van der Waals surface area contributed by atoms with Gasteiger partial charge in [-0.25, -0.2) is 0 Å². The van der Waals surface area contributed by atoms with Crippen molar-refractivity contribution in [3.8, 4) is 5.75 Å². The van der Waals surface area contributed by atoms with Crippen LogP contribution in [0.15, 0.2) is 60.7 Å². The number of hydrogen-bond acceptors (Lipinski definition) is 6. The first-order valence-electron chi connectivity index (χ1n) is 11.9. The number of nitrogens with one attached hydrogen (secondary N) is 2. The second kappa shape index (κ2) is 13.7. The predicted molar refractivity (Wildman–Crippen MR) is 146 cm³/mol. The van der Waals surface area contributed by atoms with Gasteiger partial charge in [-0.3, -0.25) is 14.4 Å². The van der Waals surface area contributed by atoms with Gasteiger partial charge in [-0.2, -0.15) is 0 Å². The predicted octanol–water partition coefficient (Wildman–Crippen LogP) is 6.67. The summed E-state index contributed by atoms with van der Waals surface area (Å²) in [5, 5.41) is 6.42. The van der Waals surface area contributed by atoms with Gasteiger partial charge >= 0.3 is 11.9 Å². The summed E-state index contributed by atoms with van der Waals surface area (Å²) in [5.41, 5.74) is 2.56. The lowest BCUT2D eigenvalue weighted by Crippen LogP contribution is -2.17. The molecule has 2 N–H and O–H groups in total. The molecule has 0 spiro atoms. The number of benzene rings is 3. The minimum Gasteiger partial charge on any atom is -0.466 e. The smallest absolute Gasteiger partial charge is 0.311 e. The van der Waals surface area contributed by atoms with E-state index in [9.17, 15) is 14.4 Å². The zero-order valence-electron chi connectivity index (χ0n) is 20.6. The lowest BCUT2D eigenvalue weighted by Gasteiger charge is -2.18. The van der Waals surface area contributed by atoms with Gasteiger partial charge in [0.25, 0.3) is 5.91 Å². The number of esters is 2. The van der Waals surface area contributed by atoms with Crippen LogP contribution in [0.2, 0.25) is 10.0 Å². The van der Waals surface area contributed by atoms with Crippen LogP contribution in [0, 0.1) is 0 Å². The molecule has 0 unspecified atom stereocenters. The van der Waals surface area contributed by atoms with Crippen molar-refractivity contribution in [3.05, 3.63) is 87.4 Å². The largest absolute Gasteiger partial charge is 0.466 e. The number of carbonyl (C=O) groups is 3. The summed E-state index contributed by atoms with van der Waals surface area (Å²) < 4.78 is 10.8. The average Bonchev–Trinajstić information content (AvgIpc) is 2.85. The van der Waals surface area contributed by atoms with E-state index in [-0.39, 0.29) is 45.9 Å². The molecule has 0 bridgehead atoms. The van der Waals surface area contributed by atoms with Crippen molar-refractivity contribution in [2.24, 2.45) is 0 Å². The summed E-state index contributed by atoms with van der Waals surface area (Å²) in [5.74, 6) is -1.13. The summed E-state index contributed by atoms with van der Waals surface area (Å²) >= 11 is 12.4. The van der Waals surface area contributed by atoms with Crippen LogP contribution in [0.25, 0.3) is 0 Å². The summed E-state index contributed by atoms with van der Waals surface area (Å²) in [4.78, 5) is 37.5. The maximum atomic E-state index is 13.0. The van der Waals surface area contributed by atoms with E-state index in [4.69, 9.17) is 32.7 Å². The molecule has 9 heteroatoms. The van der Waals surface area contributed by atoms with Crippen molar-refractivity contribution in [2.45, 2.75) is 39.7 Å². The molecule has 0 atom stereocenters. The van der Waals surface area contributed by atoms with E-state index < -0.39 is 11.9 Å². The maximum absolute atomic E-state index is 13.0. The van der Waals surface area contributed by atoms with E-state index >= 15 is 0 Å². The van der Waals surface area contributed by atoms with Crippen LogP contribution in [0.4, 0.5) is 11.4 Å². The van der Waals surface area contributed by atoms with Crippen LogP contribution in [-0.4, -0.2) is 24.5 Å². The van der Waals surface area contributed by atoms with Crippen molar-refractivity contribution in [1.82, 2.24) is 0 Å². The zero-order valence-corrected chi connectivity index (χ0v) is 22.1. The Morgan fingerprint density at radius 2 is 1.46 bits per heavy atom. The number of para-hydroxylation sites is 1. The third-order valence-electron chi connectivity index (χ3n) is 5.35. The highest BCUT2D eigenvalue weighted by Gasteiger charge is 2.20. The second-order valence-corrected chi connectivity index (χ2v) is 8.88. The first-order chi connectivity index (χ1) is 17.8. The molecule has 1 amide bonds. The van der Waals surface area contributed by atoms with E-state index in [1.807, 2.05) is 31.2 Å². The molecular weight excluding hydrogens is 515 g/mol. The minimum absolute atomic E-state index is 0.114. The average molecular weight is 543 g/mol. The quantitative estimate of drug-likeness (QED) is 0.207. The van der Waals surface area contributed by atoms with Crippen molar-refractivity contribution < 1.29 is 23.9 Å². The van der Waals surface area contributed by atoms with Crippen molar-refractivity contribution in [2.75, 3.05) is 17.2 Å². The third kappa shape index (κ3) is 7.71. The molecule has 194 valence electrons. The van der Waals surface area contributed by atoms with Gasteiger partial charge in [0.2, 0.25) is 0 Å². The van der Waals surface area contributed by atoms with E-state index in [1.54, 1.807) is 43.3 Å². The number of hydrogen-bond donors (Lipinski definition) is 2. The molecule has 0 fully saturated rings. The van der Waals surface area contributed by atoms with E-state index in [0.717, 1.165) is 11.1 Å². The molecule has 0 aliphatic heterocycles. The highest BCUT2D eigenvalue weighted by atomic mass is 35.5. The monoisotopic (exact) mass is 542 g/mol. The van der Waals surface area contributed by atoms with Gasteiger partial charge in [0.1, 0.15) is 0 Å². The molecule has 0 saturated carbocycles. The van der Waals surface area contributed by atoms with Gasteiger partial charge in [-0.05, 0) is 48.7 Å². The molecule has 7 nitrogen and oxygen atoms in total. The van der Waals surface area contributed by atoms with Gasteiger partial charge in [0, 0.05) is 13.0 Å². The molecule has 0 heterocycles. The van der Waals surface area contributed by atoms with Gasteiger partial charge in [-0.15, -0.1) is 0 Å². The molecule has 3 aromatic rings. The Kier molecular flexibility index (Phi) is 10.4. The second-order valence-electron chi connectivity index (χ2n) is 8.06. The Morgan fingerprint density at radius 1 is 0.811 bits per heavy atom. The van der Waals surface area contributed by atoms with Gasteiger partial charge in [0.15, 0.2) is 5.75 Å². The molecule has 37 heavy (non-hydrogen) atoms. The number of ether oxygens (including phenoxy) is 2. The van der Waals surface area contributed by atoms with Crippen LogP contribution >= 0.6 is 23.2 Å². The van der Waals surface area contributed by atoms with Crippen molar-refractivity contribution in [1.29, 1.82) is 0 Å². The topological polar surface area (TPSA) is 93.7 Å². The minimum atomic E-state index is -0.541. The fourth-order valence-corrected chi connectivity index (χ4v) is 4.18. The Labute approximate surface area is 226 Å². The summed E-state index contributed by atoms with van der Waals surface area (Å²) in [6.45, 7) is 4.28. The van der Waals surface area contributed by atoms with Crippen molar-refractivity contribution in [3.63, 3.8) is 0 Å². The Morgan fingerprint density at radius 3 is 2.14 bits per heavy atom. The van der Waals surface area contributed by atoms with Gasteiger partial charge in [0.05, 0.1) is 40.0 Å². The van der Waals surface area contributed by atoms with Gasteiger partial charge in [-0.1, -0.05) is 66.5 Å². The first kappa shape index (κ1) is 28.0. The molecule has 3 rings (SSSR count). The lowest BCUT2D eigenvalue weighted by molar-refractivity contribution is -0.142. The summed E-state index contributed by atoms with van der Waals surface area (Å²) in [7, 11) is 0. The fraction of sp³-hybridized carbons (Fsp3) is 0.250. The fourth-order valence-electron chi connectivity index (χ4n) is 3.61. The Balaban J connectivity index is 1.89. The Hall–Kier alpha value is -3.55. The van der Waals surface area contributed by atoms with Crippen LogP contribution in [0.1, 0.15) is 48.2 Å². The van der Waals surface area contributed by atoms with Crippen LogP contribution in [-0.2, 0) is 27.3 Å². The third-order valence-corrected chi connectivity index (χ3v) is 5.98. The lowest BCUT2D eigenvalue weighted by atomic mass is 10.0. The number of amides is 1. The van der Waals surface area contributed by atoms with Crippen molar-refractivity contribution >= 4 is 52.4 Å². The SMILES string of the molecule is CCCC(=O)Oc1c(NCc2ccccc2CC(=O)OCC)cccc1NC(=O)c1c(Cl)cccc1Cl. The van der Waals surface area contributed by atoms with Crippen LogP contribution in [0.3, 0.4) is 0 Å². The maximum Gasteiger partial charge on any atom is 0.311 e. The standard InChI is InChI=1S/C28H28Cl2N2O5/c1-3-9-24(33)37-27-22(31-17-19-11-6-5-10-18(19)16-25(34)36-4-2)14-8-15-23(27)32-28(35)26-20(29)12-7-13-21(26)30/h5-8,10-15,31H,3-4,9,16-17H2,1-2H3,(H,32,35). The number of rotatable bonds is 11. The first-order valence-corrected chi connectivity index (χ1v) is 12.6. The number of halogens is 2. The number of anilines is 2. The molecule has 0 aliphatic carbocycles. The normalized spacial score (nSPS) is 10.5. The van der Waals surface area contributed by atoms with E-state index in [2.05, 4.69) is 10.6 Å². The Bertz CT molecular complexity index is 1260. The summed E-state index contributed by atoms with van der Waals surface area (Å²) in [6.07, 6.45) is 0.950. The number of carbonyl (C=O) groups excluding carboxylic acids is 3. The molecule has 0 aromatic heterocycles. The zero-order chi connectivity index (χ0) is 26.8. The molecule has 3 aromatic carbocycles. The highest BCUT2D eigenvalue weighted by molar-refractivity contribution is 6.40. The van der Waals surface area contributed by atoms with Crippen LogP contribution < -0.4 is 15.4 Å². The summed E-state index contributed by atoms with van der Waals surface area (Å²) in [6, 6.07) is 17.3. The van der Waals surface area contributed by atoms with E-state index in [1.165, 1.54) is 0 Å². The molecular formula is C28H28Cl2N2O5. The van der Waals surface area contributed by atoms with Gasteiger partial charge < -0.3 is 20.1 Å². The molecule has 0 radical (unpaired) electrons.